The summed E-state index contributed by atoms with van der Waals surface area (Å²) in [6.45, 7) is 0. The molecule has 0 fully saturated rings. The Kier molecular flexibility index (Phi) is 3.10. The molecule has 15 heavy (non-hydrogen) atoms. The van der Waals surface area contributed by atoms with Crippen molar-refractivity contribution >= 4 is 40.3 Å². The molecule has 1 nitrogen and oxygen atoms in total. The first-order valence-corrected chi connectivity index (χ1v) is 5.80. The monoisotopic (exact) mass is 256 g/mol. The Balaban J connectivity index is 2.41. The average Bonchev–Trinajstić information content (AvgIpc) is 2.65. The normalized spacial score (nSPS) is 10.3. The highest BCUT2D eigenvalue weighted by atomic mass is 35.5. The predicted octanol–water partition coefficient (Wildman–Crippen LogP) is 4.29. The number of carbonyl (C=O) groups is 1. The van der Waals surface area contributed by atoms with Crippen LogP contribution in [0.15, 0.2) is 36.4 Å². The minimum absolute atomic E-state index is 0.0856. The van der Waals surface area contributed by atoms with E-state index in [1.54, 1.807) is 36.4 Å². The van der Waals surface area contributed by atoms with Crippen molar-refractivity contribution in [3.8, 4) is 0 Å². The van der Waals surface area contributed by atoms with Crippen LogP contribution in [0, 0.1) is 0 Å². The maximum atomic E-state index is 11.9. The van der Waals surface area contributed by atoms with Gasteiger partial charge in [0.05, 0.1) is 14.2 Å². The van der Waals surface area contributed by atoms with Gasteiger partial charge in [-0.05, 0) is 24.3 Å². The fourth-order valence-corrected chi connectivity index (χ4v) is 2.43. The number of halogens is 2. The van der Waals surface area contributed by atoms with Gasteiger partial charge in [0.2, 0.25) is 5.78 Å². The van der Waals surface area contributed by atoms with E-state index in [0.717, 1.165) is 0 Å². The van der Waals surface area contributed by atoms with E-state index < -0.39 is 0 Å². The van der Waals surface area contributed by atoms with Crippen LogP contribution in [-0.4, -0.2) is 5.78 Å². The molecule has 0 aliphatic carbocycles. The molecule has 0 aliphatic rings. The molecule has 1 aromatic carbocycles. The van der Waals surface area contributed by atoms with E-state index in [1.165, 1.54) is 11.3 Å². The summed E-state index contributed by atoms with van der Waals surface area (Å²) in [5, 5.41) is 0.465. The summed E-state index contributed by atoms with van der Waals surface area (Å²) in [6, 6.07) is 10.4. The molecule has 0 amide bonds. The Hall–Kier alpha value is -0.830. The lowest BCUT2D eigenvalue weighted by atomic mass is 10.1. The van der Waals surface area contributed by atoms with Gasteiger partial charge >= 0.3 is 0 Å². The van der Waals surface area contributed by atoms with E-state index in [0.29, 0.717) is 19.8 Å². The van der Waals surface area contributed by atoms with Crippen LogP contribution in [-0.2, 0) is 0 Å². The molecular weight excluding hydrogens is 251 g/mol. The van der Waals surface area contributed by atoms with Crippen LogP contribution < -0.4 is 0 Å². The molecule has 0 N–H and O–H groups in total. The van der Waals surface area contributed by atoms with Crippen LogP contribution >= 0.6 is 34.5 Å². The fourth-order valence-electron chi connectivity index (χ4n) is 1.21. The third kappa shape index (κ3) is 2.23. The standard InChI is InChI=1S/C11H6Cl2OS/c12-8-4-2-1-3-7(8)11(14)9-5-6-10(13)15-9/h1-6H. The minimum Gasteiger partial charge on any atom is -0.288 e. The van der Waals surface area contributed by atoms with Crippen LogP contribution in [0.2, 0.25) is 9.36 Å². The van der Waals surface area contributed by atoms with E-state index in [4.69, 9.17) is 23.2 Å². The van der Waals surface area contributed by atoms with Crippen LogP contribution in [0.1, 0.15) is 15.2 Å². The topological polar surface area (TPSA) is 17.1 Å². The lowest BCUT2D eigenvalue weighted by Gasteiger charge is -1.99. The molecule has 0 bridgehead atoms. The van der Waals surface area contributed by atoms with Crippen LogP contribution in [0.4, 0.5) is 0 Å². The van der Waals surface area contributed by atoms with Crippen molar-refractivity contribution in [3.05, 3.63) is 56.2 Å². The second-order valence-electron chi connectivity index (χ2n) is 2.91. The highest BCUT2D eigenvalue weighted by Gasteiger charge is 2.13. The number of carbonyl (C=O) groups excluding carboxylic acids is 1. The minimum atomic E-state index is -0.0856. The quantitative estimate of drug-likeness (QED) is 0.733. The van der Waals surface area contributed by atoms with Crippen LogP contribution in [0.3, 0.4) is 0 Å². The Morgan fingerprint density at radius 3 is 2.40 bits per heavy atom. The maximum absolute atomic E-state index is 11.9. The van der Waals surface area contributed by atoms with Gasteiger partial charge in [0.15, 0.2) is 0 Å². The highest BCUT2D eigenvalue weighted by molar-refractivity contribution is 7.18. The largest absolute Gasteiger partial charge is 0.288 e. The lowest BCUT2D eigenvalue weighted by molar-refractivity contribution is 0.104. The number of ketones is 1. The molecule has 0 spiro atoms. The van der Waals surface area contributed by atoms with Gasteiger partial charge in [-0.15, -0.1) is 11.3 Å². The summed E-state index contributed by atoms with van der Waals surface area (Å²) in [6.07, 6.45) is 0. The molecule has 0 aliphatic heterocycles. The number of benzene rings is 1. The van der Waals surface area contributed by atoms with Crippen LogP contribution in [0.25, 0.3) is 0 Å². The molecule has 0 radical (unpaired) electrons. The number of rotatable bonds is 2. The number of hydrogen-bond donors (Lipinski definition) is 0. The van der Waals surface area contributed by atoms with Gasteiger partial charge < -0.3 is 0 Å². The molecule has 76 valence electrons. The zero-order valence-corrected chi connectivity index (χ0v) is 9.86. The van der Waals surface area contributed by atoms with Crippen LogP contribution in [0.5, 0.6) is 0 Å². The molecule has 2 rings (SSSR count). The van der Waals surface area contributed by atoms with Gasteiger partial charge in [-0.25, -0.2) is 0 Å². The fraction of sp³-hybridized carbons (Fsp3) is 0. The van der Waals surface area contributed by atoms with Gasteiger partial charge in [0, 0.05) is 5.56 Å². The third-order valence-electron chi connectivity index (χ3n) is 1.92. The molecule has 0 unspecified atom stereocenters. The molecule has 4 heteroatoms. The first-order chi connectivity index (χ1) is 7.18. The average molecular weight is 257 g/mol. The Morgan fingerprint density at radius 2 is 1.80 bits per heavy atom. The van der Waals surface area contributed by atoms with Crippen molar-refractivity contribution in [2.24, 2.45) is 0 Å². The second kappa shape index (κ2) is 4.35. The molecule has 0 saturated carbocycles. The van der Waals surface area contributed by atoms with Gasteiger partial charge in [0.25, 0.3) is 0 Å². The van der Waals surface area contributed by atoms with Gasteiger partial charge in [-0.3, -0.25) is 4.79 Å². The van der Waals surface area contributed by atoms with Gasteiger partial charge in [-0.1, -0.05) is 35.3 Å². The van der Waals surface area contributed by atoms with E-state index in [-0.39, 0.29) is 5.78 Å². The highest BCUT2D eigenvalue weighted by Crippen LogP contribution is 2.26. The first-order valence-electron chi connectivity index (χ1n) is 4.23. The summed E-state index contributed by atoms with van der Waals surface area (Å²) in [4.78, 5) is 12.6. The SMILES string of the molecule is O=C(c1ccc(Cl)s1)c1ccccc1Cl. The maximum Gasteiger partial charge on any atom is 0.204 e. The summed E-state index contributed by atoms with van der Waals surface area (Å²) in [5.41, 5.74) is 0.512. The van der Waals surface area contributed by atoms with E-state index in [2.05, 4.69) is 0 Å². The van der Waals surface area contributed by atoms with Crippen molar-refractivity contribution in [3.63, 3.8) is 0 Å². The van der Waals surface area contributed by atoms with Crippen molar-refractivity contribution < 1.29 is 4.79 Å². The molecular formula is C11H6Cl2OS. The van der Waals surface area contributed by atoms with E-state index in [1.807, 2.05) is 0 Å². The molecule has 2 aromatic rings. The summed E-state index contributed by atoms with van der Waals surface area (Å²) in [5.74, 6) is -0.0856. The molecule has 1 aromatic heterocycles. The molecule has 1 heterocycles. The predicted molar refractivity (Wildman–Crippen MR) is 64.2 cm³/mol. The zero-order valence-electron chi connectivity index (χ0n) is 7.54. The first kappa shape index (κ1) is 10.7. The molecule has 0 atom stereocenters. The van der Waals surface area contributed by atoms with Crippen molar-refractivity contribution in [2.45, 2.75) is 0 Å². The summed E-state index contributed by atoms with van der Waals surface area (Å²) < 4.78 is 0.602. The Morgan fingerprint density at radius 1 is 1.07 bits per heavy atom. The second-order valence-corrected chi connectivity index (χ2v) is 5.04. The van der Waals surface area contributed by atoms with Crippen molar-refractivity contribution in [1.29, 1.82) is 0 Å². The Bertz CT molecular complexity index is 505. The summed E-state index contributed by atoms with van der Waals surface area (Å²) >= 11 is 12.9. The van der Waals surface area contributed by atoms with Gasteiger partial charge in [-0.2, -0.15) is 0 Å². The zero-order chi connectivity index (χ0) is 10.8. The van der Waals surface area contributed by atoms with E-state index in [9.17, 15) is 4.79 Å². The number of thiophene rings is 1. The van der Waals surface area contributed by atoms with Crippen molar-refractivity contribution in [1.82, 2.24) is 0 Å². The third-order valence-corrected chi connectivity index (χ3v) is 3.47. The van der Waals surface area contributed by atoms with Gasteiger partial charge in [0.1, 0.15) is 0 Å². The lowest BCUT2D eigenvalue weighted by Crippen LogP contribution is -1.98. The molecule has 0 saturated heterocycles. The Labute approximate surface area is 101 Å². The van der Waals surface area contributed by atoms with Crippen molar-refractivity contribution in [2.75, 3.05) is 0 Å². The summed E-state index contributed by atoms with van der Waals surface area (Å²) in [7, 11) is 0. The van der Waals surface area contributed by atoms with E-state index >= 15 is 0 Å². The number of hydrogen-bond acceptors (Lipinski definition) is 2. The smallest absolute Gasteiger partial charge is 0.204 e.